The van der Waals surface area contributed by atoms with Gasteiger partial charge in [0.1, 0.15) is 17.5 Å². The third kappa shape index (κ3) is 3.92. The summed E-state index contributed by atoms with van der Waals surface area (Å²) in [6.45, 7) is 1.63. The Morgan fingerprint density at radius 3 is 2.71 bits per heavy atom. The van der Waals surface area contributed by atoms with Crippen molar-refractivity contribution in [3.8, 4) is 0 Å². The van der Waals surface area contributed by atoms with Gasteiger partial charge in [-0.2, -0.15) is 10.2 Å². The molecule has 11 heteroatoms. The summed E-state index contributed by atoms with van der Waals surface area (Å²) in [7, 11) is 1.57. The molecule has 0 spiro atoms. The van der Waals surface area contributed by atoms with Gasteiger partial charge in [-0.1, -0.05) is 0 Å². The number of aliphatic carboxylic acids is 1. The maximum Gasteiger partial charge on any atom is 0.328 e. The average Bonchev–Trinajstić information content (AvgIpc) is 3.40. The van der Waals surface area contributed by atoms with E-state index in [4.69, 9.17) is 9.52 Å². The zero-order valence-corrected chi connectivity index (χ0v) is 15.1. The Bertz CT molecular complexity index is 1000. The number of carbonyl (C=O) groups is 3. The van der Waals surface area contributed by atoms with E-state index in [1.807, 2.05) is 0 Å². The van der Waals surface area contributed by atoms with Crippen LogP contribution in [0, 0.1) is 0 Å². The Kier molecular flexibility index (Phi) is 5.25. The number of carbonyl (C=O) groups excluding carboxylic acids is 2. The number of nitrogens with zero attached hydrogens (tertiary/aromatic N) is 4. The largest absolute Gasteiger partial charge is 0.480 e. The molecule has 3 aromatic heterocycles. The lowest BCUT2D eigenvalue weighted by molar-refractivity contribution is -0.140. The highest BCUT2D eigenvalue weighted by molar-refractivity contribution is 6.08. The maximum absolute atomic E-state index is 12.5. The number of furan rings is 1. The fourth-order valence-corrected chi connectivity index (χ4v) is 2.44. The molecule has 0 fully saturated rings. The number of nitrogens with one attached hydrogen (secondary N) is 2. The van der Waals surface area contributed by atoms with Gasteiger partial charge < -0.3 is 20.2 Å². The average molecular weight is 386 g/mol. The molecule has 0 saturated carbocycles. The molecule has 146 valence electrons. The second-order valence-corrected chi connectivity index (χ2v) is 5.97. The van der Waals surface area contributed by atoms with Crippen molar-refractivity contribution in [2.24, 2.45) is 7.05 Å². The van der Waals surface area contributed by atoms with Gasteiger partial charge in [-0.3, -0.25) is 19.0 Å². The number of anilines is 1. The van der Waals surface area contributed by atoms with Crippen LogP contribution >= 0.6 is 0 Å². The van der Waals surface area contributed by atoms with E-state index >= 15 is 0 Å². The number of hydrogen-bond donors (Lipinski definition) is 3. The first-order chi connectivity index (χ1) is 13.4. The summed E-state index contributed by atoms with van der Waals surface area (Å²) in [6, 6.07) is 2.52. The molecule has 2 amide bonds. The van der Waals surface area contributed by atoms with Crippen LogP contribution in [-0.2, 0) is 18.4 Å². The van der Waals surface area contributed by atoms with Gasteiger partial charge in [0.25, 0.3) is 11.8 Å². The SMILES string of the molecule is CC(C(=O)O)n1cc(C(=O)Nc2cnn(C)c2C(=O)NCc2ccco2)cn1. The lowest BCUT2D eigenvalue weighted by Crippen LogP contribution is -2.26. The van der Waals surface area contributed by atoms with Crippen LogP contribution < -0.4 is 10.6 Å². The van der Waals surface area contributed by atoms with E-state index in [0.29, 0.717) is 5.76 Å². The smallest absolute Gasteiger partial charge is 0.328 e. The molecule has 0 bridgehead atoms. The molecule has 0 aliphatic rings. The molecular formula is C17H18N6O5. The monoisotopic (exact) mass is 386 g/mol. The number of aromatic nitrogens is 4. The van der Waals surface area contributed by atoms with E-state index in [-0.39, 0.29) is 23.5 Å². The Balaban J connectivity index is 1.71. The second-order valence-electron chi connectivity index (χ2n) is 5.97. The van der Waals surface area contributed by atoms with Crippen LogP contribution in [0.25, 0.3) is 0 Å². The zero-order chi connectivity index (χ0) is 20.3. The number of carboxylic acids is 1. The van der Waals surface area contributed by atoms with Gasteiger partial charge in [0.15, 0.2) is 0 Å². The van der Waals surface area contributed by atoms with Gasteiger partial charge in [0.05, 0.1) is 36.5 Å². The highest BCUT2D eigenvalue weighted by atomic mass is 16.4. The third-order valence-corrected chi connectivity index (χ3v) is 4.02. The predicted octanol–water partition coefficient (Wildman–Crippen LogP) is 1.04. The van der Waals surface area contributed by atoms with Gasteiger partial charge in [-0.25, -0.2) is 4.79 Å². The molecule has 3 N–H and O–H groups in total. The molecule has 3 rings (SSSR count). The highest BCUT2D eigenvalue weighted by Crippen LogP contribution is 2.16. The Morgan fingerprint density at radius 1 is 1.25 bits per heavy atom. The van der Waals surface area contributed by atoms with Crippen molar-refractivity contribution in [2.45, 2.75) is 19.5 Å². The van der Waals surface area contributed by atoms with E-state index in [9.17, 15) is 14.4 Å². The van der Waals surface area contributed by atoms with Crippen LogP contribution in [0.3, 0.4) is 0 Å². The lowest BCUT2D eigenvalue weighted by Gasteiger charge is -2.08. The standard InChI is InChI=1S/C17H18N6O5/c1-10(17(26)27)23-9-11(6-20-23)15(24)21-13-8-19-22(2)14(13)16(25)18-7-12-4-3-5-28-12/h3-6,8-10H,7H2,1-2H3,(H,18,25)(H,21,24)(H,26,27). The Morgan fingerprint density at radius 2 is 2.04 bits per heavy atom. The van der Waals surface area contributed by atoms with Crippen LogP contribution in [-0.4, -0.2) is 42.5 Å². The molecule has 3 aromatic rings. The van der Waals surface area contributed by atoms with E-state index in [2.05, 4.69) is 20.8 Å². The van der Waals surface area contributed by atoms with Gasteiger partial charge in [0, 0.05) is 13.2 Å². The van der Waals surface area contributed by atoms with E-state index < -0.39 is 23.8 Å². The number of amides is 2. The van der Waals surface area contributed by atoms with Gasteiger partial charge in [-0.05, 0) is 19.1 Å². The first-order valence-electron chi connectivity index (χ1n) is 8.27. The fourth-order valence-electron chi connectivity index (χ4n) is 2.44. The summed E-state index contributed by atoms with van der Waals surface area (Å²) in [5.74, 6) is -1.47. The number of carboxylic acid groups (broad SMARTS) is 1. The lowest BCUT2D eigenvalue weighted by atomic mass is 10.3. The molecule has 0 aliphatic heterocycles. The minimum atomic E-state index is -1.07. The quantitative estimate of drug-likeness (QED) is 0.550. The van der Waals surface area contributed by atoms with Crippen molar-refractivity contribution in [3.63, 3.8) is 0 Å². The zero-order valence-electron chi connectivity index (χ0n) is 15.1. The molecule has 1 atom stereocenters. The minimum absolute atomic E-state index is 0.152. The molecule has 1 unspecified atom stereocenters. The molecule has 0 saturated heterocycles. The van der Waals surface area contributed by atoms with E-state index in [1.165, 1.54) is 36.5 Å². The van der Waals surface area contributed by atoms with Crippen molar-refractivity contribution in [1.82, 2.24) is 24.9 Å². The summed E-state index contributed by atoms with van der Waals surface area (Å²) in [5.41, 5.74) is 0.522. The molecule has 0 aromatic carbocycles. The van der Waals surface area contributed by atoms with Gasteiger partial charge >= 0.3 is 5.97 Å². The molecule has 3 heterocycles. The molecule has 0 radical (unpaired) electrons. The van der Waals surface area contributed by atoms with Crippen LogP contribution in [0.2, 0.25) is 0 Å². The second kappa shape index (κ2) is 7.78. The van der Waals surface area contributed by atoms with Crippen molar-refractivity contribution in [1.29, 1.82) is 0 Å². The highest BCUT2D eigenvalue weighted by Gasteiger charge is 2.21. The van der Waals surface area contributed by atoms with Crippen LogP contribution in [0.15, 0.2) is 41.4 Å². The summed E-state index contributed by atoms with van der Waals surface area (Å²) in [4.78, 5) is 36.0. The summed E-state index contributed by atoms with van der Waals surface area (Å²) < 4.78 is 7.67. The normalized spacial score (nSPS) is 11.8. The van der Waals surface area contributed by atoms with Crippen LogP contribution in [0.1, 0.15) is 39.6 Å². The number of hydrogen-bond acceptors (Lipinski definition) is 6. The molecule has 0 aliphatic carbocycles. The molecule has 11 nitrogen and oxygen atoms in total. The predicted molar refractivity (Wildman–Crippen MR) is 95.6 cm³/mol. The summed E-state index contributed by atoms with van der Waals surface area (Å²) in [6.07, 6.45) is 5.43. The number of rotatable bonds is 7. The Labute approximate surface area is 158 Å². The number of aryl methyl sites for hydroxylation is 1. The van der Waals surface area contributed by atoms with Crippen molar-refractivity contribution >= 4 is 23.5 Å². The van der Waals surface area contributed by atoms with Crippen LogP contribution in [0.5, 0.6) is 0 Å². The van der Waals surface area contributed by atoms with Gasteiger partial charge in [0.2, 0.25) is 0 Å². The molecule has 28 heavy (non-hydrogen) atoms. The summed E-state index contributed by atoms with van der Waals surface area (Å²) >= 11 is 0. The van der Waals surface area contributed by atoms with Crippen LogP contribution in [0.4, 0.5) is 5.69 Å². The third-order valence-electron chi connectivity index (χ3n) is 4.02. The fraction of sp³-hybridized carbons (Fsp3) is 0.235. The first-order valence-corrected chi connectivity index (χ1v) is 8.27. The van der Waals surface area contributed by atoms with Crippen molar-refractivity contribution < 1.29 is 23.9 Å². The van der Waals surface area contributed by atoms with E-state index in [0.717, 1.165) is 4.68 Å². The maximum atomic E-state index is 12.5. The van der Waals surface area contributed by atoms with E-state index in [1.54, 1.807) is 19.2 Å². The first kappa shape index (κ1) is 18.9. The topological polar surface area (TPSA) is 144 Å². The summed E-state index contributed by atoms with van der Waals surface area (Å²) in [5, 5.41) is 22.2. The Hall–Kier alpha value is -3.89. The minimum Gasteiger partial charge on any atom is -0.480 e. The van der Waals surface area contributed by atoms with Gasteiger partial charge in [-0.15, -0.1) is 0 Å². The van der Waals surface area contributed by atoms with Crippen molar-refractivity contribution in [2.75, 3.05) is 5.32 Å². The van der Waals surface area contributed by atoms with Crippen molar-refractivity contribution in [3.05, 3.63) is 54.0 Å². The molecular weight excluding hydrogens is 368 g/mol.